The molecule has 100 valence electrons. The Kier molecular flexibility index (Phi) is 4.91. The van der Waals surface area contributed by atoms with E-state index >= 15 is 0 Å². The third-order valence-corrected chi connectivity index (χ3v) is 4.50. The molecule has 1 aliphatic rings. The monoisotopic (exact) mass is 286 g/mol. The van der Waals surface area contributed by atoms with Gasteiger partial charge in [-0.25, -0.2) is 0 Å². The van der Waals surface area contributed by atoms with E-state index in [0.717, 1.165) is 13.1 Å². The molecular weight excluding hydrogens is 267 g/mol. The Morgan fingerprint density at radius 1 is 1.39 bits per heavy atom. The maximum absolute atomic E-state index is 6.07. The minimum Gasteiger partial charge on any atom is -0.313 e. The van der Waals surface area contributed by atoms with Gasteiger partial charge in [-0.15, -0.1) is 0 Å². The average molecular weight is 287 g/mol. The minimum atomic E-state index is 0.349. The number of rotatable bonds is 4. The van der Waals surface area contributed by atoms with E-state index in [1.165, 1.54) is 18.4 Å². The maximum Gasteiger partial charge on any atom is 0.0595 e. The van der Waals surface area contributed by atoms with Crippen molar-refractivity contribution < 1.29 is 0 Å². The molecule has 2 rings (SSSR count). The Morgan fingerprint density at radius 2 is 2.17 bits per heavy atom. The van der Waals surface area contributed by atoms with Gasteiger partial charge < -0.3 is 5.32 Å². The van der Waals surface area contributed by atoms with Gasteiger partial charge in [0.15, 0.2) is 0 Å². The fourth-order valence-electron chi connectivity index (χ4n) is 2.45. The Labute approximate surface area is 119 Å². The average Bonchev–Trinajstić information content (AvgIpc) is 2.84. The Bertz CT molecular complexity index is 403. The second-order valence-corrected chi connectivity index (χ2v) is 5.90. The van der Waals surface area contributed by atoms with Gasteiger partial charge in [0, 0.05) is 18.6 Å². The number of benzene rings is 1. The molecule has 1 fully saturated rings. The van der Waals surface area contributed by atoms with Crippen molar-refractivity contribution in [2.45, 2.75) is 31.8 Å². The highest BCUT2D eigenvalue weighted by atomic mass is 35.5. The molecule has 0 radical (unpaired) electrons. The van der Waals surface area contributed by atoms with Crippen molar-refractivity contribution in [3.05, 3.63) is 33.8 Å². The zero-order valence-electron chi connectivity index (χ0n) is 10.9. The molecule has 4 heteroatoms. The molecule has 1 N–H and O–H groups in total. The van der Waals surface area contributed by atoms with Crippen LogP contribution in [0.2, 0.25) is 10.0 Å². The molecule has 1 aromatic rings. The molecule has 0 amide bonds. The van der Waals surface area contributed by atoms with E-state index in [2.05, 4.69) is 30.3 Å². The van der Waals surface area contributed by atoms with E-state index in [4.69, 9.17) is 23.2 Å². The van der Waals surface area contributed by atoms with Crippen molar-refractivity contribution in [3.63, 3.8) is 0 Å². The van der Waals surface area contributed by atoms with E-state index in [1.54, 1.807) is 0 Å². The molecule has 0 spiro atoms. The summed E-state index contributed by atoms with van der Waals surface area (Å²) in [5.41, 5.74) is 1.21. The molecular formula is C14H20Cl2N2. The van der Waals surface area contributed by atoms with Gasteiger partial charge in [-0.05, 0) is 51.1 Å². The van der Waals surface area contributed by atoms with Gasteiger partial charge in [0.05, 0.1) is 10.0 Å². The van der Waals surface area contributed by atoms with Crippen LogP contribution in [0.4, 0.5) is 0 Å². The summed E-state index contributed by atoms with van der Waals surface area (Å²) >= 11 is 12.0. The highest BCUT2D eigenvalue weighted by Gasteiger charge is 2.19. The molecule has 1 saturated heterocycles. The molecule has 0 bridgehead atoms. The molecule has 1 aliphatic heterocycles. The van der Waals surface area contributed by atoms with Crippen LogP contribution in [0.3, 0.4) is 0 Å². The van der Waals surface area contributed by atoms with E-state index in [-0.39, 0.29) is 0 Å². The van der Waals surface area contributed by atoms with Crippen molar-refractivity contribution in [1.29, 1.82) is 0 Å². The van der Waals surface area contributed by atoms with Crippen LogP contribution in [-0.2, 0) is 0 Å². The van der Waals surface area contributed by atoms with Gasteiger partial charge in [0.1, 0.15) is 0 Å². The van der Waals surface area contributed by atoms with Crippen molar-refractivity contribution in [3.8, 4) is 0 Å². The van der Waals surface area contributed by atoms with E-state index in [1.807, 2.05) is 12.1 Å². The van der Waals surface area contributed by atoms with Crippen LogP contribution in [0.1, 0.15) is 31.4 Å². The van der Waals surface area contributed by atoms with Crippen LogP contribution in [0.5, 0.6) is 0 Å². The summed E-state index contributed by atoms with van der Waals surface area (Å²) in [6.07, 6.45) is 2.57. The third-order valence-electron chi connectivity index (χ3n) is 3.76. The second-order valence-electron chi connectivity index (χ2n) is 5.08. The normalized spacial score (nSPS) is 21.5. The molecule has 0 aromatic heterocycles. The number of nitrogens with one attached hydrogen (secondary N) is 1. The molecule has 2 unspecified atom stereocenters. The molecule has 1 aromatic carbocycles. The summed E-state index contributed by atoms with van der Waals surface area (Å²) in [6, 6.07) is 6.87. The third kappa shape index (κ3) is 3.39. The summed E-state index contributed by atoms with van der Waals surface area (Å²) in [5.74, 6) is 0. The maximum atomic E-state index is 6.07. The van der Waals surface area contributed by atoms with Gasteiger partial charge >= 0.3 is 0 Å². The zero-order chi connectivity index (χ0) is 13.1. The van der Waals surface area contributed by atoms with Gasteiger partial charge in [-0.3, -0.25) is 4.90 Å². The first kappa shape index (κ1) is 14.1. The van der Waals surface area contributed by atoms with Gasteiger partial charge in [0.2, 0.25) is 0 Å². The Hall–Kier alpha value is -0.280. The van der Waals surface area contributed by atoms with Crippen LogP contribution in [-0.4, -0.2) is 31.1 Å². The zero-order valence-corrected chi connectivity index (χ0v) is 12.4. The van der Waals surface area contributed by atoms with Crippen LogP contribution in [0.15, 0.2) is 18.2 Å². The smallest absolute Gasteiger partial charge is 0.0595 e. The lowest BCUT2D eigenvalue weighted by Gasteiger charge is -2.28. The number of hydrogen-bond acceptors (Lipinski definition) is 2. The van der Waals surface area contributed by atoms with Crippen molar-refractivity contribution in [2.24, 2.45) is 0 Å². The van der Waals surface area contributed by atoms with E-state index in [0.29, 0.717) is 22.1 Å². The molecule has 2 atom stereocenters. The number of nitrogens with zero attached hydrogens (tertiary/aromatic N) is 1. The highest BCUT2D eigenvalue weighted by Crippen LogP contribution is 2.27. The summed E-state index contributed by atoms with van der Waals surface area (Å²) in [5, 5.41) is 4.78. The molecule has 18 heavy (non-hydrogen) atoms. The van der Waals surface area contributed by atoms with Gasteiger partial charge in [-0.2, -0.15) is 0 Å². The fraction of sp³-hybridized carbons (Fsp3) is 0.571. The molecule has 0 saturated carbocycles. The van der Waals surface area contributed by atoms with Crippen molar-refractivity contribution in [2.75, 3.05) is 20.1 Å². The van der Waals surface area contributed by atoms with Crippen LogP contribution in [0.25, 0.3) is 0 Å². The standard InChI is InChI=1S/C14H20Cl2N2/c1-10(11-5-6-13(15)14(16)8-11)18(2)9-12-4-3-7-17-12/h5-6,8,10,12,17H,3-4,7,9H2,1-2H3. The molecule has 2 nitrogen and oxygen atoms in total. The van der Waals surface area contributed by atoms with Crippen molar-refractivity contribution >= 4 is 23.2 Å². The van der Waals surface area contributed by atoms with Gasteiger partial charge in [0.25, 0.3) is 0 Å². The summed E-state index contributed by atoms with van der Waals surface area (Å²) < 4.78 is 0. The number of likely N-dealkylation sites (N-methyl/N-ethyl adjacent to an activating group) is 1. The summed E-state index contributed by atoms with van der Waals surface area (Å²) in [6.45, 7) is 4.43. The summed E-state index contributed by atoms with van der Waals surface area (Å²) in [7, 11) is 2.16. The largest absolute Gasteiger partial charge is 0.313 e. The summed E-state index contributed by atoms with van der Waals surface area (Å²) in [4.78, 5) is 2.36. The quantitative estimate of drug-likeness (QED) is 0.907. The fourth-order valence-corrected chi connectivity index (χ4v) is 2.75. The first-order valence-corrected chi connectivity index (χ1v) is 7.22. The van der Waals surface area contributed by atoms with E-state index in [9.17, 15) is 0 Å². The first-order valence-electron chi connectivity index (χ1n) is 6.46. The lowest BCUT2D eigenvalue weighted by Crippen LogP contribution is -2.36. The predicted molar refractivity (Wildman–Crippen MR) is 78.5 cm³/mol. The highest BCUT2D eigenvalue weighted by molar-refractivity contribution is 6.42. The number of hydrogen-bond donors (Lipinski definition) is 1. The minimum absolute atomic E-state index is 0.349. The van der Waals surface area contributed by atoms with Crippen molar-refractivity contribution in [1.82, 2.24) is 10.2 Å². The SMILES string of the molecule is CC(c1ccc(Cl)c(Cl)c1)N(C)CC1CCCN1. The lowest BCUT2D eigenvalue weighted by molar-refractivity contribution is 0.238. The predicted octanol–water partition coefficient (Wildman–Crippen LogP) is 3.74. The van der Waals surface area contributed by atoms with Gasteiger partial charge in [-0.1, -0.05) is 29.3 Å². The van der Waals surface area contributed by atoms with E-state index < -0.39 is 0 Å². The number of halogens is 2. The Balaban J connectivity index is 2.00. The topological polar surface area (TPSA) is 15.3 Å². The van der Waals surface area contributed by atoms with Crippen LogP contribution in [0, 0.1) is 0 Å². The lowest BCUT2D eigenvalue weighted by atomic mass is 10.1. The molecule has 0 aliphatic carbocycles. The second kappa shape index (κ2) is 6.25. The van der Waals surface area contributed by atoms with Crippen LogP contribution >= 0.6 is 23.2 Å². The van der Waals surface area contributed by atoms with Crippen LogP contribution < -0.4 is 5.32 Å². The Morgan fingerprint density at radius 3 is 2.78 bits per heavy atom. The molecule has 1 heterocycles. The first-order chi connectivity index (χ1) is 8.58.